The fourth-order valence-corrected chi connectivity index (χ4v) is 4.62. The first-order valence-electron chi connectivity index (χ1n) is 11.5. The molecule has 0 unspecified atom stereocenters. The van der Waals surface area contributed by atoms with Gasteiger partial charge in [0, 0.05) is 27.4 Å². The van der Waals surface area contributed by atoms with Crippen LogP contribution >= 0.6 is 27.5 Å². The number of aromatic nitrogens is 5. The third-order valence-corrected chi connectivity index (χ3v) is 6.61. The van der Waals surface area contributed by atoms with E-state index in [4.69, 9.17) is 11.6 Å². The smallest absolute Gasteiger partial charge is 0.379 e. The van der Waals surface area contributed by atoms with Crippen LogP contribution in [0.15, 0.2) is 65.4 Å². The highest BCUT2D eigenvalue weighted by atomic mass is 79.9. The number of halogens is 6. The third-order valence-electron chi connectivity index (χ3n) is 5.72. The first-order valence-corrected chi connectivity index (χ1v) is 12.7. The molecular weight excluding hydrogens is 616 g/mol. The van der Waals surface area contributed by atoms with Crippen LogP contribution in [-0.2, 0) is 19.3 Å². The summed E-state index contributed by atoms with van der Waals surface area (Å²) in [7, 11) is 0. The Morgan fingerprint density at radius 1 is 1.07 bits per heavy atom. The highest BCUT2D eigenvalue weighted by Crippen LogP contribution is 2.36. The summed E-state index contributed by atoms with van der Waals surface area (Å²) in [6.07, 6.45) is -1.50. The normalized spacial score (nSPS) is 11.4. The zero-order valence-electron chi connectivity index (χ0n) is 20.1. The van der Waals surface area contributed by atoms with Crippen molar-refractivity contribution >= 4 is 55.5 Å². The molecule has 0 aliphatic heterocycles. The van der Waals surface area contributed by atoms with Gasteiger partial charge in [-0.1, -0.05) is 22.9 Å². The van der Waals surface area contributed by atoms with E-state index in [0.29, 0.717) is 38.1 Å². The molecule has 8 nitrogen and oxygen atoms in total. The van der Waals surface area contributed by atoms with E-state index < -0.39 is 17.7 Å². The Hall–Kier alpha value is -4.28. The standard InChI is InChI=1S/C26H16BrClF4N8/c27-20-7-17(34-11-18-13-40(39-38-18)12-16-2-1-3-23(36-16)26(30,31)32)6-19-24(14(9-33)10-35-25(19)20)37-15-4-5-22(29)21(28)8-15/h1-8,10,13,34H,11-12H2,(H,35,37). The van der Waals surface area contributed by atoms with Crippen molar-refractivity contribution in [2.75, 3.05) is 10.6 Å². The minimum Gasteiger partial charge on any atom is -0.379 e. The molecule has 14 heteroatoms. The van der Waals surface area contributed by atoms with E-state index in [1.54, 1.807) is 18.3 Å². The first-order chi connectivity index (χ1) is 19.1. The van der Waals surface area contributed by atoms with E-state index in [0.717, 1.165) is 6.07 Å². The van der Waals surface area contributed by atoms with Gasteiger partial charge in [0.05, 0.1) is 46.8 Å². The summed E-state index contributed by atoms with van der Waals surface area (Å²) in [6.45, 7) is 0.263. The zero-order valence-corrected chi connectivity index (χ0v) is 22.5. The second kappa shape index (κ2) is 11.1. The summed E-state index contributed by atoms with van der Waals surface area (Å²) in [4.78, 5) is 8.03. The van der Waals surface area contributed by atoms with Crippen molar-refractivity contribution in [2.24, 2.45) is 0 Å². The molecule has 0 amide bonds. The van der Waals surface area contributed by atoms with Crippen molar-refractivity contribution in [2.45, 2.75) is 19.3 Å². The minimum absolute atomic E-state index is 0.0173. The topological polar surface area (TPSA) is 104 Å². The summed E-state index contributed by atoms with van der Waals surface area (Å²) < 4.78 is 54.6. The molecule has 0 atom stereocenters. The third kappa shape index (κ3) is 5.98. The molecular formula is C26H16BrClF4N8. The van der Waals surface area contributed by atoms with Gasteiger partial charge < -0.3 is 10.6 Å². The Bertz CT molecular complexity index is 1770. The molecule has 3 aromatic heterocycles. The highest BCUT2D eigenvalue weighted by Gasteiger charge is 2.32. The lowest BCUT2D eigenvalue weighted by molar-refractivity contribution is -0.141. The summed E-state index contributed by atoms with van der Waals surface area (Å²) in [5.74, 6) is -0.565. The number of hydrogen-bond acceptors (Lipinski definition) is 7. The molecule has 2 N–H and O–H groups in total. The SMILES string of the molecule is N#Cc1cnc2c(Br)cc(NCc3cn(Cc4cccc(C(F)(F)F)n4)nn3)cc2c1Nc1ccc(F)c(Cl)c1. The molecule has 2 aromatic carbocycles. The van der Waals surface area contributed by atoms with Gasteiger partial charge in [0.1, 0.15) is 23.3 Å². The molecule has 40 heavy (non-hydrogen) atoms. The quantitative estimate of drug-likeness (QED) is 0.185. The Balaban J connectivity index is 1.37. The van der Waals surface area contributed by atoms with Gasteiger partial charge in [0.2, 0.25) is 0 Å². The molecule has 0 saturated heterocycles. The summed E-state index contributed by atoms with van der Waals surface area (Å²) in [6, 6.07) is 13.5. The maximum Gasteiger partial charge on any atom is 0.433 e. The van der Waals surface area contributed by atoms with Crippen LogP contribution in [0.25, 0.3) is 10.9 Å². The minimum atomic E-state index is -4.54. The molecule has 5 aromatic rings. The van der Waals surface area contributed by atoms with Gasteiger partial charge in [-0.15, -0.1) is 5.10 Å². The molecule has 0 aliphatic carbocycles. The van der Waals surface area contributed by atoms with Gasteiger partial charge in [-0.3, -0.25) is 4.98 Å². The first kappa shape index (κ1) is 27.3. The second-order valence-electron chi connectivity index (χ2n) is 8.54. The molecule has 0 bridgehead atoms. The van der Waals surface area contributed by atoms with Crippen LogP contribution in [0.4, 0.5) is 34.6 Å². The maximum atomic E-state index is 13.6. The number of hydrogen-bond donors (Lipinski definition) is 2. The number of benzene rings is 2. The number of nitrogens with zero attached hydrogens (tertiary/aromatic N) is 6. The van der Waals surface area contributed by atoms with E-state index in [1.807, 2.05) is 0 Å². The fourth-order valence-electron chi connectivity index (χ4n) is 3.88. The van der Waals surface area contributed by atoms with E-state index in [9.17, 15) is 22.8 Å². The Morgan fingerprint density at radius 2 is 1.90 bits per heavy atom. The van der Waals surface area contributed by atoms with Crippen LogP contribution in [0.1, 0.15) is 22.6 Å². The van der Waals surface area contributed by atoms with Crippen molar-refractivity contribution in [3.05, 3.63) is 98.9 Å². The van der Waals surface area contributed by atoms with E-state index in [-0.39, 0.29) is 29.4 Å². The van der Waals surface area contributed by atoms with Crippen molar-refractivity contribution < 1.29 is 17.6 Å². The van der Waals surface area contributed by atoms with Crippen molar-refractivity contribution in [3.8, 4) is 6.07 Å². The number of anilines is 3. The molecule has 5 rings (SSSR count). The predicted octanol–water partition coefficient (Wildman–Crippen LogP) is 7.07. The monoisotopic (exact) mass is 630 g/mol. The fraction of sp³-hybridized carbons (Fsp3) is 0.115. The number of alkyl halides is 3. The average molecular weight is 632 g/mol. The van der Waals surface area contributed by atoms with Crippen LogP contribution in [0.5, 0.6) is 0 Å². The van der Waals surface area contributed by atoms with E-state index in [2.05, 4.69) is 52.9 Å². The van der Waals surface area contributed by atoms with Gasteiger partial charge >= 0.3 is 6.18 Å². The van der Waals surface area contributed by atoms with Crippen molar-refractivity contribution in [1.82, 2.24) is 25.0 Å². The van der Waals surface area contributed by atoms with E-state index >= 15 is 0 Å². The lowest BCUT2D eigenvalue weighted by Crippen LogP contribution is -2.11. The molecule has 202 valence electrons. The Labute approximate surface area is 237 Å². The number of rotatable bonds is 7. The van der Waals surface area contributed by atoms with Gasteiger partial charge in [-0.05, 0) is 58.4 Å². The number of nitrogens with one attached hydrogen (secondary N) is 2. The van der Waals surface area contributed by atoms with Gasteiger partial charge in [-0.25, -0.2) is 14.1 Å². The molecule has 0 aliphatic rings. The van der Waals surface area contributed by atoms with Gasteiger partial charge in [0.15, 0.2) is 0 Å². The number of fused-ring (bicyclic) bond motifs is 1. The number of nitriles is 1. The van der Waals surface area contributed by atoms with Crippen molar-refractivity contribution in [1.29, 1.82) is 5.26 Å². The van der Waals surface area contributed by atoms with Gasteiger partial charge in [0.25, 0.3) is 0 Å². The van der Waals surface area contributed by atoms with Crippen LogP contribution in [0, 0.1) is 17.1 Å². The van der Waals surface area contributed by atoms with Crippen LogP contribution in [-0.4, -0.2) is 25.0 Å². The second-order valence-corrected chi connectivity index (χ2v) is 9.80. The maximum absolute atomic E-state index is 13.6. The Morgan fingerprint density at radius 3 is 2.65 bits per heavy atom. The van der Waals surface area contributed by atoms with Gasteiger partial charge in [-0.2, -0.15) is 18.4 Å². The van der Waals surface area contributed by atoms with Crippen molar-refractivity contribution in [3.63, 3.8) is 0 Å². The zero-order chi connectivity index (χ0) is 28.4. The molecule has 0 fully saturated rings. The van der Waals surface area contributed by atoms with E-state index in [1.165, 1.54) is 41.2 Å². The lowest BCUT2D eigenvalue weighted by atomic mass is 10.1. The van der Waals surface area contributed by atoms with Crippen LogP contribution in [0.3, 0.4) is 0 Å². The summed E-state index contributed by atoms with van der Waals surface area (Å²) in [5.41, 5.74) is 2.20. The average Bonchev–Trinajstić information content (AvgIpc) is 3.36. The molecule has 0 saturated carbocycles. The molecule has 3 heterocycles. The summed E-state index contributed by atoms with van der Waals surface area (Å²) >= 11 is 9.44. The highest BCUT2D eigenvalue weighted by molar-refractivity contribution is 9.10. The predicted molar refractivity (Wildman–Crippen MR) is 145 cm³/mol. The van der Waals surface area contributed by atoms with Crippen LogP contribution in [0.2, 0.25) is 5.02 Å². The summed E-state index contributed by atoms with van der Waals surface area (Å²) in [5, 5.41) is 24.7. The lowest BCUT2D eigenvalue weighted by Gasteiger charge is -2.14. The molecule has 0 spiro atoms. The largest absolute Gasteiger partial charge is 0.433 e. The van der Waals surface area contributed by atoms with Crippen LogP contribution < -0.4 is 10.6 Å². The number of pyridine rings is 2. The molecule has 0 radical (unpaired) electrons. The Kier molecular flexibility index (Phi) is 7.55.